The molecule has 4 nitrogen and oxygen atoms in total. The van der Waals surface area contributed by atoms with Crippen molar-refractivity contribution in [1.82, 2.24) is 5.48 Å². The molecule has 0 atom stereocenters. The fourth-order valence-electron chi connectivity index (χ4n) is 1.71. The van der Waals surface area contributed by atoms with Crippen molar-refractivity contribution in [2.24, 2.45) is 0 Å². The van der Waals surface area contributed by atoms with Gasteiger partial charge in [-0.1, -0.05) is 37.0 Å². The molecule has 0 aliphatic heterocycles. The Morgan fingerprint density at radius 1 is 1.00 bits per heavy atom. The third-order valence-electron chi connectivity index (χ3n) is 2.80. The number of hydrogen-bond donors (Lipinski definition) is 2. The summed E-state index contributed by atoms with van der Waals surface area (Å²) in [5.74, 6) is 5.05. The summed E-state index contributed by atoms with van der Waals surface area (Å²) in [5.41, 5.74) is 2.44. The second-order valence-corrected chi connectivity index (χ2v) is 4.49. The number of unbranched alkanes of at least 4 members (excludes halogenated alkanes) is 3. The van der Waals surface area contributed by atoms with Gasteiger partial charge in [-0.2, -0.15) is 0 Å². The second kappa shape index (κ2) is 9.76. The number of rotatable bonds is 7. The average Bonchev–Trinajstić information content (AvgIpc) is 2.49. The number of hydrogen-bond acceptors (Lipinski definition) is 3. The van der Waals surface area contributed by atoms with Gasteiger partial charge in [-0.25, -0.2) is 5.48 Å². The zero-order valence-electron chi connectivity index (χ0n) is 11.4. The minimum Gasteiger partial charge on any atom is -0.289 e. The first-order valence-corrected chi connectivity index (χ1v) is 6.75. The number of Topliss-reactive ketones (excluding diaryl/α,β-unsaturated/α-hetero) is 1. The molecular weight excluding hydrogens is 254 g/mol. The fraction of sp³-hybridized carbons (Fsp3) is 0.375. The molecule has 0 aromatic heterocycles. The van der Waals surface area contributed by atoms with E-state index in [1.54, 1.807) is 5.48 Å². The number of ketones is 1. The molecule has 1 aromatic rings. The Kier molecular flexibility index (Phi) is 7.78. The van der Waals surface area contributed by atoms with Crippen LogP contribution in [0.25, 0.3) is 0 Å². The van der Waals surface area contributed by atoms with E-state index in [1.165, 1.54) is 0 Å². The second-order valence-electron chi connectivity index (χ2n) is 4.49. The zero-order chi connectivity index (χ0) is 14.6. The van der Waals surface area contributed by atoms with Gasteiger partial charge in [0.15, 0.2) is 0 Å². The lowest BCUT2D eigenvalue weighted by atomic mass is 10.1. The predicted molar refractivity (Wildman–Crippen MR) is 76.0 cm³/mol. The molecule has 4 heteroatoms. The molecule has 0 aliphatic carbocycles. The van der Waals surface area contributed by atoms with E-state index in [2.05, 4.69) is 11.8 Å². The van der Waals surface area contributed by atoms with Crippen LogP contribution in [0.3, 0.4) is 0 Å². The van der Waals surface area contributed by atoms with E-state index in [0.717, 1.165) is 31.2 Å². The average molecular weight is 273 g/mol. The number of amides is 1. The van der Waals surface area contributed by atoms with E-state index in [0.29, 0.717) is 12.8 Å². The van der Waals surface area contributed by atoms with Crippen molar-refractivity contribution in [3.63, 3.8) is 0 Å². The Balaban J connectivity index is 2.12. The normalized spacial score (nSPS) is 9.45. The van der Waals surface area contributed by atoms with Crippen molar-refractivity contribution < 1.29 is 14.8 Å². The van der Waals surface area contributed by atoms with Gasteiger partial charge in [0.1, 0.15) is 0 Å². The first kappa shape index (κ1) is 15.9. The van der Waals surface area contributed by atoms with Crippen LogP contribution >= 0.6 is 0 Å². The van der Waals surface area contributed by atoms with Crippen LogP contribution in [-0.2, 0) is 9.59 Å². The molecule has 2 N–H and O–H groups in total. The van der Waals surface area contributed by atoms with Gasteiger partial charge in [0, 0.05) is 18.4 Å². The van der Waals surface area contributed by atoms with E-state index in [-0.39, 0.29) is 11.7 Å². The van der Waals surface area contributed by atoms with Crippen LogP contribution in [0.5, 0.6) is 0 Å². The lowest BCUT2D eigenvalue weighted by Gasteiger charge is -1.99. The lowest BCUT2D eigenvalue weighted by molar-refractivity contribution is -0.129. The topological polar surface area (TPSA) is 66.4 Å². The van der Waals surface area contributed by atoms with Crippen molar-refractivity contribution in [2.75, 3.05) is 0 Å². The molecule has 1 aromatic carbocycles. The quantitative estimate of drug-likeness (QED) is 0.347. The minimum absolute atomic E-state index is 0.0537. The molecule has 0 spiro atoms. The smallest absolute Gasteiger partial charge is 0.243 e. The predicted octanol–water partition coefficient (Wildman–Crippen LogP) is 2.45. The van der Waals surface area contributed by atoms with Crippen LogP contribution < -0.4 is 5.48 Å². The highest BCUT2D eigenvalue weighted by molar-refractivity contribution is 5.95. The number of carbonyl (C=O) groups is 2. The molecule has 0 fully saturated rings. The Labute approximate surface area is 119 Å². The van der Waals surface area contributed by atoms with Crippen molar-refractivity contribution in [3.8, 4) is 11.8 Å². The molecular formula is C16H19NO3. The molecule has 0 aliphatic rings. The number of carbonyl (C=O) groups excluding carboxylic acids is 2. The molecule has 1 rings (SSSR count). The maximum atomic E-state index is 11.5. The summed E-state index contributed by atoms with van der Waals surface area (Å²) in [6, 6.07) is 9.41. The van der Waals surface area contributed by atoms with Crippen LogP contribution in [0.2, 0.25) is 0 Å². The Morgan fingerprint density at radius 2 is 1.65 bits per heavy atom. The van der Waals surface area contributed by atoms with Gasteiger partial charge in [-0.3, -0.25) is 14.8 Å². The number of benzene rings is 1. The third-order valence-corrected chi connectivity index (χ3v) is 2.80. The van der Waals surface area contributed by atoms with Crippen LogP contribution in [0.4, 0.5) is 0 Å². The van der Waals surface area contributed by atoms with E-state index in [1.807, 2.05) is 30.3 Å². The monoisotopic (exact) mass is 273 g/mol. The van der Waals surface area contributed by atoms with Gasteiger partial charge in [0.2, 0.25) is 11.7 Å². The summed E-state index contributed by atoms with van der Waals surface area (Å²) in [7, 11) is 0. The SMILES string of the molecule is O=C(C#Cc1ccccc1)CCCCCCC(=O)NO. The summed E-state index contributed by atoms with van der Waals surface area (Å²) in [6.45, 7) is 0. The van der Waals surface area contributed by atoms with Crippen molar-refractivity contribution in [3.05, 3.63) is 35.9 Å². The van der Waals surface area contributed by atoms with E-state index < -0.39 is 0 Å². The van der Waals surface area contributed by atoms with Crippen LogP contribution in [0.15, 0.2) is 30.3 Å². The molecule has 0 saturated carbocycles. The Bertz CT molecular complexity index is 485. The summed E-state index contributed by atoms with van der Waals surface area (Å²) >= 11 is 0. The summed E-state index contributed by atoms with van der Waals surface area (Å²) in [6.07, 6.45) is 4.02. The van der Waals surface area contributed by atoms with Crippen molar-refractivity contribution in [2.45, 2.75) is 38.5 Å². The number of hydroxylamine groups is 1. The Hall–Kier alpha value is -2.12. The maximum absolute atomic E-state index is 11.5. The standard InChI is InChI=1S/C16H19NO3/c18-15(13-12-14-8-4-3-5-9-14)10-6-1-2-7-11-16(19)17-20/h3-5,8-9,20H,1-2,6-7,10-11H2,(H,17,19). The zero-order valence-corrected chi connectivity index (χ0v) is 11.4. The highest BCUT2D eigenvalue weighted by atomic mass is 16.5. The molecule has 0 unspecified atom stereocenters. The molecule has 0 bridgehead atoms. The van der Waals surface area contributed by atoms with Crippen LogP contribution in [0.1, 0.15) is 44.1 Å². The fourth-order valence-corrected chi connectivity index (χ4v) is 1.71. The van der Waals surface area contributed by atoms with Crippen molar-refractivity contribution in [1.29, 1.82) is 0 Å². The van der Waals surface area contributed by atoms with Gasteiger partial charge in [0.05, 0.1) is 0 Å². The highest BCUT2D eigenvalue weighted by Gasteiger charge is 2.00. The largest absolute Gasteiger partial charge is 0.289 e. The summed E-state index contributed by atoms with van der Waals surface area (Å²) in [5, 5.41) is 8.30. The van der Waals surface area contributed by atoms with E-state index in [4.69, 9.17) is 5.21 Å². The van der Waals surface area contributed by atoms with Crippen LogP contribution in [0, 0.1) is 11.8 Å². The van der Waals surface area contributed by atoms with Gasteiger partial charge in [-0.15, -0.1) is 0 Å². The molecule has 0 radical (unpaired) electrons. The third kappa shape index (κ3) is 7.34. The summed E-state index contributed by atoms with van der Waals surface area (Å²) < 4.78 is 0. The maximum Gasteiger partial charge on any atom is 0.243 e. The minimum atomic E-state index is -0.366. The first-order chi connectivity index (χ1) is 9.72. The molecule has 0 heterocycles. The van der Waals surface area contributed by atoms with Crippen LogP contribution in [-0.4, -0.2) is 16.9 Å². The lowest BCUT2D eigenvalue weighted by Crippen LogP contribution is -2.17. The van der Waals surface area contributed by atoms with Gasteiger partial charge in [-0.05, 0) is 30.9 Å². The first-order valence-electron chi connectivity index (χ1n) is 6.75. The van der Waals surface area contributed by atoms with Crippen molar-refractivity contribution >= 4 is 11.7 Å². The van der Waals surface area contributed by atoms with Gasteiger partial charge >= 0.3 is 0 Å². The summed E-state index contributed by atoms with van der Waals surface area (Å²) in [4.78, 5) is 22.3. The Morgan fingerprint density at radius 3 is 2.30 bits per heavy atom. The molecule has 1 amide bonds. The van der Waals surface area contributed by atoms with E-state index >= 15 is 0 Å². The van der Waals surface area contributed by atoms with Gasteiger partial charge < -0.3 is 0 Å². The van der Waals surface area contributed by atoms with E-state index in [9.17, 15) is 9.59 Å². The highest BCUT2D eigenvalue weighted by Crippen LogP contribution is 2.05. The van der Waals surface area contributed by atoms with Gasteiger partial charge in [0.25, 0.3) is 0 Å². The molecule has 106 valence electrons. The molecule has 20 heavy (non-hydrogen) atoms. The number of nitrogens with one attached hydrogen (secondary N) is 1. The molecule has 0 saturated heterocycles.